The van der Waals surface area contributed by atoms with Gasteiger partial charge in [0.1, 0.15) is 5.75 Å². The third-order valence-electron chi connectivity index (χ3n) is 3.05. The van der Waals surface area contributed by atoms with E-state index in [9.17, 15) is 8.78 Å². The van der Waals surface area contributed by atoms with E-state index in [0.29, 0.717) is 0 Å². The fourth-order valence-electron chi connectivity index (χ4n) is 2.27. The molecule has 0 aliphatic heterocycles. The molecule has 0 saturated carbocycles. The smallest absolute Gasteiger partial charge is 0.387 e. The van der Waals surface area contributed by atoms with Crippen molar-refractivity contribution in [2.45, 2.75) is 51.7 Å². The Labute approximate surface area is 107 Å². The zero-order valence-corrected chi connectivity index (χ0v) is 11.0. The quantitative estimate of drug-likeness (QED) is 0.800. The number of hydrogen-bond donors (Lipinski definition) is 1. The third-order valence-corrected chi connectivity index (χ3v) is 3.05. The van der Waals surface area contributed by atoms with Crippen LogP contribution in [0.2, 0.25) is 0 Å². The minimum Gasteiger partial charge on any atom is -0.435 e. The molecule has 1 aromatic carbocycles. The largest absolute Gasteiger partial charge is 0.435 e. The molecule has 0 spiro atoms. The molecule has 2 N–H and O–H groups in total. The lowest BCUT2D eigenvalue weighted by atomic mass is 9.83. The standard InChI is InChI=1S/C14H21F2NO/c1-3-9-14(17,10-4-2)11-5-7-12(8-6-11)18-13(15)16/h5-8,13H,3-4,9-10,17H2,1-2H3. The lowest BCUT2D eigenvalue weighted by Gasteiger charge is -2.29. The van der Waals surface area contributed by atoms with Gasteiger partial charge in [0.15, 0.2) is 0 Å². The van der Waals surface area contributed by atoms with Crippen LogP contribution >= 0.6 is 0 Å². The topological polar surface area (TPSA) is 35.2 Å². The molecule has 4 heteroatoms. The summed E-state index contributed by atoms with van der Waals surface area (Å²) in [6.45, 7) is 1.39. The number of nitrogens with two attached hydrogens (primary N) is 1. The zero-order chi connectivity index (χ0) is 13.6. The summed E-state index contributed by atoms with van der Waals surface area (Å²) in [6, 6.07) is 6.66. The van der Waals surface area contributed by atoms with Crippen molar-refractivity contribution in [1.29, 1.82) is 0 Å². The van der Waals surface area contributed by atoms with Crippen LogP contribution in [0.1, 0.15) is 45.1 Å². The molecule has 1 aromatic rings. The Kier molecular flexibility index (Phi) is 5.54. The van der Waals surface area contributed by atoms with Crippen molar-refractivity contribution in [2.24, 2.45) is 5.73 Å². The number of rotatable bonds is 7. The lowest BCUT2D eigenvalue weighted by molar-refractivity contribution is -0.0498. The summed E-state index contributed by atoms with van der Waals surface area (Å²) in [4.78, 5) is 0. The van der Waals surface area contributed by atoms with Crippen LogP contribution in [0.5, 0.6) is 5.75 Å². The molecular weight excluding hydrogens is 236 g/mol. The second-order valence-corrected chi connectivity index (χ2v) is 4.56. The highest BCUT2D eigenvalue weighted by Crippen LogP contribution is 2.30. The van der Waals surface area contributed by atoms with Gasteiger partial charge >= 0.3 is 6.61 Å². The predicted octanol–water partition coefficient (Wildman–Crippen LogP) is 4.04. The summed E-state index contributed by atoms with van der Waals surface area (Å²) in [5.41, 5.74) is 7.01. The summed E-state index contributed by atoms with van der Waals surface area (Å²) in [5, 5.41) is 0. The molecule has 0 amide bonds. The van der Waals surface area contributed by atoms with Crippen molar-refractivity contribution in [3.05, 3.63) is 29.8 Å². The Balaban J connectivity index is 2.86. The van der Waals surface area contributed by atoms with Crippen molar-refractivity contribution in [2.75, 3.05) is 0 Å². The highest BCUT2D eigenvalue weighted by atomic mass is 19.3. The van der Waals surface area contributed by atoms with Gasteiger partial charge < -0.3 is 10.5 Å². The highest BCUT2D eigenvalue weighted by Gasteiger charge is 2.25. The molecule has 18 heavy (non-hydrogen) atoms. The number of ether oxygens (including phenoxy) is 1. The van der Waals surface area contributed by atoms with Gasteiger partial charge in [-0.3, -0.25) is 0 Å². The van der Waals surface area contributed by atoms with Gasteiger partial charge in [0.25, 0.3) is 0 Å². The van der Waals surface area contributed by atoms with E-state index in [1.54, 1.807) is 24.3 Å². The van der Waals surface area contributed by atoms with E-state index in [0.717, 1.165) is 31.2 Å². The van der Waals surface area contributed by atoms with E-state index < -0.39 is 6.61 Å². The van der Waals surface area contributed by atoms with Gasteiger partial charge in [-0.25, -0.2) is 0 Å². The molecule has 0 atom stereocenters. The van der Waals surface area contributed by atoms with E-state index in [4.69, 9.17) is 5.73 Å². The van der Waals surface area contributed by atoms with Gasteiger partial charge in [0, 0.05) is 5.54 Å². The fourth-order valence-corrected chi connectivity index (χ4v) is 2.27. The Morgan fingerprint density at radius 3 is 2.00 bits per heavy atom. The maximum atomic E-state index is 12.0. The zero-order valence-electron chi connectivity index (χ0n) is 11.0. The number of alkyl halides is 2. The van der Waals surface area contributed by atoms with E-state index >= 15 is 0 Å². The Morgan fingerprint density at radius 1 is 1.11 bits per heavy atom. The number of benzene rings is 1. The van der Waals surface area contributed by atoms with E-state index in [2.05, 4.69) is 18.6 Å². The van der Waals surface area contributed by atoms with E-state index in [1.807, 2.05) is 0 Å². The van der Waals surface area contributed by atoms with Crippen molar-refractivity contribution >= 4 is 0 Å². The molecule has 0 aliphatic rings. The molecule has 2 nitrogen and oxygen atoms in total. The molecule has 0 aliphatic carbocycles. The minimum atomic E-state index is -2.79. The first-order valence-electron chi connectivity index (χ1n) is 6.36. The van der Waals surface area contributed by atoms with Gasteiger partial charge in [-0.2, -0.15) is 8.78 Å². The van der Waals surface area contributed by atoms with Gasteiger partial charge in [0.05, 0.1) is 0 Å². The van der Waals surface area contributed by atoms with Crippen LogP contribution in [-0.2, 0) is 5.54 Å². The Hall–Kier alpha value is -1.16. The summed E-state index contributed by atoms with van der Waals surface area (Å²) in [5.74, 6) is 0.170. The van der Waals surface area contributed by atoms with E-state index in [1.165, 1.54) is 0 Å². The first-order chi connectivity index (χ1) is 8.51. The van der Waals surface area contributed by atoms with Crippen LogP contribution in [0.3, 0.4) is 0 Å². The lowest BCUT2D eigenvalue weighted by Crippen LogP contribution is -2.36. The van der Waals surface area contributed by atoms with Crippen LogP contribution in [0, 0.1) is 0 Å². The maximum Gasteiger partial charge on any atom is 0.387 e. The molecule has 0 bridgehead atoms. The summed E-state index contributed by atoms with van der Waals surface area (Å²) in [6.07, 6.45) is 3.75. The van der Waals surface area contributed by atoms with E-state index in [-0.39, 0.29) is 11.3 Å². The number of halogens is 2. The van der Waals surface area contributed by atoms with Gasteiger partial charge in [-0.15, -0.1) is 0 Å². The minimum absolute atomic E-state index is 0.170. The molecule has 0 saturated heterocycles. The van der Waals surface area contributed by atoms with Gasteiger partial charge in [-0.1, -0.05) is 38.8 Å². The molecule has 0 aromatic heterocycles. The average molecular weight is 257 g/mol. The fraction of sp³-hybridized carbons (Fsp3) is 0.571. The second kappa shape index (κ2) is 6.69. The molecule has 0 unspecified atom stereocenters. The molecule has 0 fully saturated rings. The van der Waals surface area contributed by atoms with Crippen LogP contribution in [0.15, 0.2) is 24.3 Å². The molecule has 0 radical (unpaired) electrons. The predicted molar refractivity (Wildman–Crippen MR) is 68.8 cm³/mol. The monoisotopic (exact) mass is 257 g/mol. The second-order valence-electron chi connectivity index (χ2n) is 4.56. The molecule has 102 valence electrons. The first kappa shape index (κ1) is 14.9. The van der Waals surface area contributed by atoms with Crippen molar-refractivity contribution in [1.82, 2.24) is 0 Å². The maximum absolute atomic E-state index is 12.0. The normalized spacial score (nSPS) is 11.9. The van der Waals surface area contributed by atoms with Crippen LogP contribution in [0.4, 0.5) is 8.78 Å². The molecular formula is C14H21F2NO. The molecule has 0 heterocycles. The van der Waals surface area contributed by atoms with Crippen molar-refractivity contribution in [3.63, 3.8) is 0 Å². The van der Waals surface area contributed by atoms with Gasteiger partial charge in [-0.05, 0) is 30.5 Å². The summed E-state index contributed by atoms with van der Waals surface area (Å²) in [7, 11) is 0. The van der Waals surface area contributed by atoms with Crippen LogP contribution in [0.25, 0.3) is 0 Å². The molecule has 1 rings (SSSR count). The highest BCUT2D eigenvalue weighted by molar-refractivity contribution is 5.31. The summed E-state index contributed by atoms with van der Waals surface area (Å²) < 4.78 is 28.4. The number of hydrogen-bond acceptors (Lipinski definition) is 2. The summed E-state index contributed by atoms with van der Waals surface area (Å²) >= 11 is 0. The van der Waals surface area contributed by atoms with Crippen LogP contribution in [-0.4, -0.2) is 6.61 Å². The third kappa shape index (κ3) is 3.95. The van der Waals surface area contributed by atoms with Gasteiger partial charge in [0.2, 0.25) is 0 Å². The van der Waals surface area contributed by atoms with Crippen molar-refractivity contribution in [3.8, 4) is 5.75 Å². The Morgan fingerprint density at radius 2 is 1.61 bits per heavy atom. The Bertz CT molecular complexity index is 345. The SMILES string of the molecule is CCCC(N)(CCC)c1ccc(OC(F)F)cc1. The van der Waals surface area contributed by atoms with Crippen LogP contribution < -0.4 is 10.5 Å². The first-order valence-corrected chi connectivity index (χ1v) is 6.36. The average Bonchev–Trinajstić information content (AvgIpc) is 2.29. The van der Waals surface area contributed by atoms with Crippen molar-refractivity contribution < 1.29 is 13.5 Å².